The largest absolute Gasteiger partial charge is 0.496 e. The molecule has 3 aromatic rings. The van der Waals surface area contributed by atoms with Crippen LogP contribution in [0.2, 0.25) is 0 Å². The summed E-state index contributed by atoms with van der Waals surface area (Å²) in [4.78, 5) is 13.3. The predicted octanol–water partition coefficient (Wildman–Crippen LogP) is 3.70. The fourth-order valence-electron chi connectivity index (χ4n) is 4.44. The van der Waals surface area contributed by atoms with E-state index in [0.717, 1.165) is 16.9 Å². The number of carbonyl (C=O) groups is 1. The fraction of sp³-hybridized carbons (Fsp3) is 0.240. The summed E-state index contributed by atoms with van der Waals surface area (Å²) in [5.41, 5.74) is 2.74. The van der Waals surface area contributed by atoms with Crippen LogP contribution in [0.25, 0.3) is 0 Å². The number of nitrogens with zero attached hydrogens (tertiary/aromatic N) is 1. The third-order valence-electron chi connectivity index (χ3n) is 6.11. The quantitative estimate of drug-likeness (QED) is 0.622. The number of anilines is 1. The van der Waals surface area contributed by atoms with Gasteiger partial charge in [0.25, 0.3) is 15.9 Å². The molecule has 0 bridgehead atoms. The molecule has 0 spiro atoms. The Morgan fingerprint density at radius 2 is 1.88 bits per heavy atom. The molecule has 0 saturated carbocycles. The number of amides is 1. The molecule has 1 unspecified atom stereocenters. The van der Waals surface area contributed by atoms with E-state index in [2.05, 4.69) is 5.32 Å². The second-order valence-electron chi connectivity index (χ2n) is 8.02. The van der Waals surface area contributed by atoms with Crippen LogP contribution in [0.1, 0.15) is 33.9 Å². The van der Waals surface area contributed by atoms with E-state index < -0.39 is 15.9 Å². The van der Waals surface area contributed by atoms with Crippen LogP contribution < -0.4 is 19.1 Å². The minimum Gasteiger partial charge on any atom is -0.496 e. The number of fused-ring (bicyclic) bond motifs is 2. The molecule has 2 heterocycles. The van der Waals surface area contributed by atoms with Gasteiger partial charge in [0.05, 0.1) is 35.9 Å². The highest BCUT2D eigenvalue weighted by molar-refractivity contribution is 7.92. The van der Waals surface area contributed by atoms with Crippen LogP contribution in [0.15, 0.2) is 71.6 Å². The van der Waals surface area contributed by atoms with Gasteiger partial charge in [-0.05, 0) is 42.3 Å². The number of carbonyl (C=O) groups excluding carboxylic acids is 1. The summed E-state index contributed by atoms with van der Waals surface area (Å²) in [5.74, 6) is 0.658. The van der Waals surface area contributed by atoms with Crippen molar-refractivity contribution in [1.29, 1.82) is 0 Å². The van der Waals surface area contributed by atoms with Crippen molar-refractivity contribution in [3.63, 3.8) is 0 Å². The lowest BCUT2D eigenvalue weighted by molar-refractivity contribution is 0.0921. The Labute approximate surface area is 193 Å². The monoisotopic (exact) mass is 464 g/mol. The summed E-state index contributed by atoms with van der Waals surface area (Å²) < 4.78 is 39.4. The van der Waals surface area contributed by atoms with E-state index in [-0.39, 0.29) is 16.5 Å². The Morgan fingerprint density at radius 3 is 2.73 bits per heavy atom. The SMILES string of the molecule is COc1ccc(S(=O)(=O)N2CCc3ccccc32)cc1C(=O)NC1CCOc2ccccc21. The Hall–Kier alpha value is -3.52. The summed E-state index contributed by atoms with van der Waals surface area (Å²) in [6.45, 7) is 0.857. The summed E-state index contributed by atoms with van der Waals surface area (Å²) in [6, 6.07) is 19.2. The van der Waals surface area contributed by atoms with E-state index in [1.165, 1.54) is 29.6 Å². The maximum Gasteiger partial charge on any atom is 0.264 e. The minimum atomic E-state index is -3.84. The van der Waals surface area contributed by atoms with Gasteiger partial charge < -0.3 is 14.8 Å². The predicted molar refractivity (Wildman–Crippen MR) is 124 cm³/mol. The third kappa shape index (κ3) is 3.80. The molecule has 33 heavy (non-hydrogen) atoms. The first kappa shape index (κ1) is 21.3. The van der Waals surface area contributed by atoms with Gasteiger partial charge in [0.2, 0.25) is 0 Å². The van der Waals surface area contributed by atoms with Gasteiger partial charge in [0, 0.05) is 18.5 Å². The van der Waals surface area contributed by atoms with E-state index in [1.54, 1.807) is 6.07 Å². The van der Waals surface area contributed by atoms with Crippen molar-refractivity contribution in [2.45, 2.75) is 23.8 Å². The van der Waals surface area contributed by atoms with Crippen LogP contribution in [0.5, 0.6) is 11.5 Å². The normalized spacial score (nSPS) is 17.0. The number of para-hydroxylation sites is 2. The smallest absolute Gasteiger partial charge is 0.264 e. The number of sulfonamides is 1. The molecule has 0 saturated heterocycles. The Morgan fingerprint density at radius 1 is 1.09 bits per heavy atom. The highest BCUT2D eigenvalue weighted by Crippen LogP contribution is 2.35. The number of benzene rings is 3. The second kappa shape index (κ2) is 8.44. The van der Waals surface area contributed by atoms with E-state index in [0.29, 0.717) is 37.4 Å². The Bertz CT molecular complexity index is 1320. The average molecular weight is 465 g/mol. The van der Waals surface area contributed by atoms with E-state index in [1.807, 2.05) is 42.5 Å². The van der Waals surface area contributed by atoms with Gasteiger partial charge >= 0.3 is 0 Å². The van der Waals surface area contributed by atoms with Crippen LogP contribution >= 0.6 is 0 Å². The van der Waals surface area contributed by atoms with E-state index >= 15 is 0 Å². The molecule has 170 valence electrons. The number of methoxy groups -OCH3 is 1. The summed E-state index contributed by atoms with van der Waals surface area (Å²) in [5, 5.41) is 3.02. The molecular weight excluding hydrogens is 440 g/mol. The zero-order chi connectivity index (χ0) is 23.0. The van der Waals surface area contributed by atoms with Crippen molar-refractivity contribution in [2.75, 3.05) is 24.6 Å². The molecule has 2 aliphatic heterocycles. The molecule has 2 aliphatic rings. The second-order valence-corrected chi connectivity index (χ2v) is 9.88. The minimum absolute atomic E-state index is 0.0533. The van der Waals surface area contributed by atoms with Crippen LogP contribution in [0.4, 0.5) is 5.69 Å². The van der Waals surface area contributed by atoms with Crippen LogP contribution in [0.3, 0.4) is 0 Å². The summed E-state index contributed by atoms with van der Waals surface area (Å²) in [6.07, 6.45) is 1.27. The lowest BCUT2D eigenvalue weighted by atomic mass is 10.00. The first-order valence-electron chi connectivity index (χ1n) is 10.8. The van der Waals surface area contributed by atoms with Gasteiger partial charge in [0.1, 0.15) is 11.5 Å². The lowest BCUT2D eigenvalue weighted by Gasteiger charge is -2.27. The summed E-state index contributed by atoms with van der Waals surface area (Å²) >= 11 is 0. The first-order chi connectivity index (χ1) is 16.0. The van der Waals surface area contributed by atoms with Crippen LogP contribution in [-0.2, 0) is 16.4 Å². The maximum atomic E-state index is 13.5. The molecule has 1 atom stereocenters. The number of rotatable bonds is 5. The molecular formula is C25H24N2O5S. The van der Waals surface area contributed by atoms with Crippen molar-refractivity contribution in [2.24, 2.45) is 0 Å². The topological polar surface area (TPSA) is 84.9 Å². The van der Waals surface area contributed by atoms with Crippen molar-refractivity contribution >= 4 is 21.6 Å². The third-order valence-corrected chi connectivity index (χ3v) is 7.92. The zero-order valence-electron chi connectivity index (χ0n) is 18.2. The molecule has 0 fully saturated rings. The molecule has 0 aromatic heterocycles. The van der Waals surface area contributed by atoms with Gasteiger partial charge in [-0.1, -0.05) is 36.4 Å². The molecule has 8 heteroatoms. The zero-order valence-corrected chi connectivity index (χ0v) is 19.0. The van der Waals surface area contributed by atoms with Gasteiger partial charge in [-0.15, -0.1) is 0 Å². The summed E-state index contributed by atoms with van der Waals surface area (Å²) in [7, 11) is -2.38. The average Bonchev–Trinajstić information content (AvgIpc) is 3.29. The maximum absolute atomic E-state index is 13.5. The Kier molecular flexibility index (Phi) is 5.46. The van der Waals surface area contributed by atoms with Gasteiger partial charge in [-0.25, -0.2) is 8.42 Å². The number of hydrogen-bond donors (Lipinski definition) is 1. The van der Waals surface area contributed by atoms with Gasteiger partial charge in [-0.3, -0.25) is 9.10 Å². The number of nitrogens with one attached hydrogen (secondary N) is 1. The molecule has 0 aliphatic carbocycles. The van der Waals surface area contributed by atoms with E-state index in [4.69, 9.17) is 9.47 Å². The fourth-order valence-corrected chi connectivity index (χ4v) is 5.97. The molecule has 1 amide bonds. The van der Waals surface area contributed by atoms with Crippen LogP contribution in [0, 0.1) is 0 Å². The standard InChI is InChI=1S/C25H24N2O5S/c1-31-23-11-10-18(33(29,30)27-14-12-17-6-2-4-8-22(17)27)16-20(23)25(28)26-21-13-15-32-24-9-5-3-7-19(21)24/h2-11,16,21H,12-15H2,1H3,(H,26,28). The molecule has 7 nitrogen and oxygen atoms in total. The molecule has 3 aromatic carbocycles. The van der Waals surface area contributed by atoms with Crippen molar-refractivity contribution in [1.82, 2.24) is 5.32 Å². The number of ether oxygens (including phenoxy) is 2. The van der Waals surface area contributed by atoms with Gasteiger partial charge in [0.15, 0.2) is 0 Å². The lowest BCUT2D eigenvalue weighted by Crippen LogP contribution is -2.33. The van der Waals surface area contributed by atoms with E-state index in [9.17, 15) is 13.2 Å². The van der Waals surface area contributed by atoms with Gasteiger partial charge in [-0.2, -0.15) is 0 Å². The highest BCUT2D eigenvalue weighted by atomic mass is 32.2. The molecule has 0 radical (unpaired) electrons. The highest BCUT2D eigenvalue weighted by Gasteiger charge is 2.32. The Balaban J connectivity index is 1.47. The first-order valence-corrected chi connectivity index (χ1v) is 12.2. The molecule has 1 N–H and O–H groups in total. The van der Waals surface area contributed by atoms with Crippen molar-refractivity contribution < 1.29 is 22.7 Å². The van der Waals surface area contributed by atoms with Crippen molar-refractivity contribution in [3.8, 4) is 11.5 Å². The van der Waals surface area contributed by atoms with Crippen molar-refractivity contribution in [3.05, 3.63) is 83.4 Å². The number of hydrogen-bond acceptors (Lipinski definition) is 5. The van der Waals surface area contributed by atoms with Crippen LogP contribution in [-0.4, -0.2) is 34.6 Å². The molecule has 5 rings (SSSR count).